The topological polar surface area (TPSA) is 531 Å². The Morgan fingerprint density at radius 3 is 1.37 bits per heavy atom. The van der Waals surface area contributed by atoms with Gasteiger partial charge in [0.25, 0.3) is 0 Å². The molecule has 0 amide bonds. The van der Waals surface area contributed by atoms with Gasteiger partial charge in [0.05, 0.1) is 33.4 Å². The number of fused-ring (bicyclic) bond motifs is 6. The summed E-state index contributed by atoms with van der Waals surface area (Å²) in [6, 6.07) is 2.85. The molecule has 0 aromatic heterocycles. The first-order valence-corrected chi connectivity index (χ1v) is 21.7. The summed E-state index contributed by atoms with van der Waals surface area (Å²) in [7, 11) is 0. The standard InChI is InChI=1S/C48H32O31/c49-14-2-10(3-15(50)27(14)55)43(68)79-48-41-40-38(76-45(70)12-6-18(53)29(57)32(60)22(12)23-13(46(71)78-41)7-19(54)30(58)33(23)61)21(75-48)8-73-44(69)11-5-17(52)31(59)34(62)24(11)25-26(47(72)77-40)39(37(65)36(64)35(25)63)74-20-4-9(42(66)67)1-16(51)28(20)56/h1-7,21,38,40-41,48-65H,8H2,(H,66,67)/t21-,38?,40+,41-,48+/m1/s1. The van der Waals surface area contributed by atoms with Crippen molar-refractivity contribution in [2.24, 2.45) is 0 Å². The molecule has 31 nitrogen and oxygen atoms in total. The van der Waals surface area contributed by atoms with Gasteiger partial charge in [0, 0.05) is 16.7 Å². The molecule has 5 atom stereocenters. The molecule has 3 aliphatic rings. The molecule has 1 saturated heterocycles. The third-order valence-corrected chi connectivity index (χ3v) is 12.2. The Hall–Kier alpha value is -11.5. The van der Waals surface area contributed by atoms with E-state index in [1.165, 1.54) is 0 Å². The van der Waals surface area contributed by atoms with Crippen LogP contribution in [0.15, 0.2) is 42.5 Å². The van der Waals surface area contributed by atoms with Crippen molar-refractivity contribution in [1.29, 1.82) is 0 Å². The molecular formula is C48H32O31. The number of rotatable bonds is 5. The van der Waals surface area contributed by atoms with Crippen molar-refractivity contribution in [1.82, 2.24) is 0 Å². The Kier molecular flexibility index (Phi) is 12.4. The van der Waals surface area contributed by atoms with Gasteiger partial charge in [-0.25, -0.2) is 28.8 Å². The van der Waals surface area contributed by atoms with Gasteiger partial charge in [-0.15, -0.1) is 0 Å². The largest absolute Gasteiger partial charge is 0.504 e. The number of carboxylic acids is 1. The van der Waals surface area contributed by atoms with Gasteiger partial charge in [-0.05, 0) is 42.5 Å². The fourth-order valence-electron chi connectivity index (χ4n) is 8.50. The Morgan fingerprint density at radius 2 is 0.848 bits per heavy atom. The van der Waals surface area contributed by atoms with Crippen LogP contribution >= 0.6 is 0 Å². The van der Waals surface area contributed by atoms with Crippen LogP contribution in [0.1, 0.15) is 62.1 Å². The van der Waals surface area contributed by atoms with Crippen LogP contribution in [-0.4, -0.2) is 165 Å². The van der Waals surface area contributed by atoms with Crippen LogP contribution in [0.3, 0.4) is 0 Å². The number of phenolic OH excluding ortho intramolecular Hbond substituents is 17. The van der Waals surface area contributed by atoms with Crippen LogP contribution in [0.25, 0.3) is 22.3 Å². The van der Waals surface area contributed by atoms with Crippen LogP contribution in [-0.2, 0) is 28.4 Å². The summed E-state index contributed by atoms with van der Waals surface area (Å²) < 4.78 is 39.6. The Bertz CT molecular complexity index is 3710. The van der Waals surface area contributed by atoms with Crippen molar-refractivity contribution in [2.45, 2.75) is 30.7 Å². The summed E-state index contributed by atoms with van der Waals surface area (Å²) >= 11 is 0. The molecule has 3 heterocycles. The lowest BCUT2D eigenvalue weighted by atomic mass is 9.90. The number of hydrogen-bond donors (Lipinski definition) is 18. The monoisotopic (exact) mass is 1100 g/mol. The fourth-order valence-corrected chi connectivity index (χ4v) is 8.50. The molecule has 6 aromatic rings. The molecule has 79 heavy (non-hydrogen) atoms. The molecule has 4 bridgehead atoms. The maximum Gasteiger partial charge on any atom is 0.343 e. The van der Waals surface area contributed by atoms with E-state index in [9.17, 15) is 116 Å². The quantitative estimate of drug-likeness (QED) is 0.0670. The number of carbonyl (C=O) groups excluding carboxylic acids is 5. The van der Waals surface area contributed by atoms with E-state index in [2.05, 4.69) is 0 Å². The number of hydrogen-bond acceptors (Lipinski definition) is 30. The van der Waals surface area contributed by atoms with Gasteiger partial charge in [-0.3, -0.25) is 0 Å². The number of phenols is 17. The fraction of sp³-hybridized carbons (Fsp3) is 0.125. The minimum absolute atomic E-state index is 0.310. The van der Waals surface area contributed by atoms with Gasteiger partial charge in [0.15, 0.2) is 87.0 Å². The van der Waals surface area contributed by atoms with Crippen molar-refractivity contribution in [2.75, 3.05) is 6.61 Å². The highest BCUT2D eigenvalue weighted by Gasteiger charge is 2.56. The minimum atomic E-state index is -2.83. The molecule has 410 valence electrons. The number of aromatic carboxylic acids is 1. The smallest absolute Gasteiger partial charge is 0.343 e. The second kappa shape index (κ2) is 18.7. The summed E-state index contributed by atoms with van der Waals surface area (Å²) in [5, 5.41) is 194. The average Bonchev–Trinajstić information content (AvgIpc) is 3.49. The van der Waals surface area contributed by atoms with E-state index in [1.54, 1.807) is 0 Å². The van der Waals surface area contributed by atoms with Crippen molar-refractivity contribution in [3.63, 3.8) is 0 Å². The summed E-state index contributed by atoms with van der Waals surface area (Å²) in [6.45, 7) is -1.43. The normalized spacial score (nSPS) is 18.7. The first-order chi connectivity index (χ1) is 37.1. The SMILES string of the molecule is O=C(O)c1cc(O)c(O)c(Oc2c(O)c(O)c(O)c3c2C(=O)O[C@H]2C4OC(=O)c5cc(O)c(O)c(O)c5-c5c(cc(O)c(O)c5O)C(=O)O[C@H]2[C@H](OC(=O)c2cc(O)c(O)c(O)c2)O[C@@H]4COC(=O)c2cc(O)c(O)c(O)c2-3)c1. The van der Waals surface area contributed by atoms with Crippen LogP contribution in [0.2, 0.25) is 0 Å². The summed E-state index contributed by atoms with van der Waals surface area (Å²) in [4.78, 5) is 85.2. The summed E-state index contributed by atoms with van der Waals surface area (Å²) in [5.41, 5.74) is -12.4. The second-order valence-corrected chi connectivity index (χ2v) is 16.9. The van der Waals surface area contributed by atoms with Crippen molar-refractivity contribution < 1.29 is 154 Å². The van der Waals surface area contributed by atoms with Crippen LogP contribution in [0.5, 0.6) is 109 Å². The van der Waals surface area contributed by atoms with E-state index in [4.69, 9.17) is 33.2 Å². The first kappa shape index (κ1) is 52.4. The Balaban J connectivity index is 1.36. The zero-order valence-corrected chi connectivity index (χ0v) is 38.5. The molecule has 3 aliphatic heterocycles. The van der Waals surface area contributed by atoms with Crippen molar-refractivity contribution in [3.8, 4) is 131 Å². The predicted molar refractivity (Wildman–Crippen MR) is 244 cm³/mol. The summed E-state index contributed by atoms with van der Waals surface area (Å²) in [6.07, 6.45) is -13.4. The van der Waals surface area contributed by atoms with E-state index in [1.807, 2.05) is 0 Å². The lowest BCUT2D eigenvalue weighted by Crippen LogP contribution is -2.63. The molecule has 0 spiro atoms. The summed E-state index contributed by atoms with van der Waals surface area (Å²) in [5.74, 6) is -39.4. The number of cyclic esters (lactones) is 1. The van der Waals surface area contributed by atoms with Gasteiger partial charge in [0.1, 0.15) is 18.3 Å². The number of esters is 5. The number of benzene rings is 6. The zero-order chi connectivity index (χ0) is 57.7. The van der Waals surface area contributed by atoms with Crippen LogP contribution in [0, 0.1) is 0 Å². The Morgan fingerprint density at radius 1 is 0.418 bits per heavy atom. The van der Waals surface area contributed by atoms with E-state index in [0.717, 1.165) is 0 Å². The molecule has 9 rings (SSSR count). The molecule has 6 aromatic carbocycles. The number of carboxylic acid groups (broad SMARTS) is 1. The van der Waals surface area contributed by atoms with Gasteiger partial charge >= 0.3 is 35.8 Å². The van der Waals surface area contributed by atoms with E-state index < -0.39 is 238 Å². The second-order valence-electron chi connectivity index (χ2n) is 16.9. The van der Waals surface area contributed by atoms with Gasteiger partial charge < -0.3 is 125 Å². The lowest BCUT2D eigenvalue weighted by molar-refractivity contribution is -0.282. The highest BCUT2D eigenvalue weighted by Crippen LogP contribution is 2.59. The zero-order valence-electron chi connectivity index (χ0n) is 38.5. The molecule has 0 aliphatic carbocycles. The van der Waals surface area contributed by atoms with Gasteiger partial charge in [-0.2, -0.15) is 0 Å². The molecule has 18 N–H and O–H groups in total. The molecule has 0 radical (unpaired) electrons. The highest BCUT2D eigenvalue weighted by molar-refractivity contribution is 6.11. The van der Waals surface area contributed by atoms with Crippen LogP contribution < -0.4 is 4.74 Å². The maximum absolute atomic E-state index is 15.4. The van der Waals surface area contributed by atoms with E-state index in [0.29, 0.717) is 42.5 Å². The molecule has 0 saturated carbocycles. The van der Waals surface area contributed by atoms with E-state index in [-0.39, 0.29) is 0 Å². The van der Waals surface area contributed by atoms with Crippen molar-refractivity contribution in [3.05, 3.63) is 75.8 Å². The third-order valence-electron chi connectivity index (χ3n) is 12.2. The number of ether oxygens (including phenoxy) is 7. The molecular weight excluding hydrogens is 1070 g/mol. The maximum atomic E-state index is 15.4. The minimum Gasteiger partial charge on any atom is -0.504 e. The van der Waals surface area contributed by atoms with Crippen molar-refractivity contribution >= 4 is 35.8 Å². The molecule has 31 heteroatoms. The third kappa shape index (κ3) is 8.40. The predicted octanol–water partition coefficient (Wildman–Crippen LogP) is 2.55. The van der Waals surface area contributed by atoms with Gasteiger partial charge in [0.2, 0.25) is 46.9 Å². The van der Waals surface area contributed by atoms with Gasteiger partial charge in [-0.1, -0.05) is 0 Å². The number of aromatic hydroxyl groups is 17. The Labute approximate surface area is 433 Å². The van der Waals surface area contributed by atoms with E-state index >= 15 is 4.79 Å². The number of carbonyl (C=O) groups is 6. The van der Waals surface area contributed by atoms with Crippen LogP contribution in [0.4, 0.5) is 0 Å². The first-order valence-electron chi connectivity index (χ1n) is 21.7. The highest BCUT2D eigenvalue weighted by atomic mass is 16.7. The average molecular weight is 1100 g/mol. The lowest BCUT2D eigenvalue weighted by Gasteiger charge is -2.44. The molecule has 1 unspecified atom stereocenters. The molecule has 1 fully saturated rings.